The molecule has 0 spiro atoms. The van der Waals surface area contributed by atoms with Gasteiger partial charge >= 0.3 is 12.1 Å². The van der Waals surface area contributed by atoms with Crippen LogP contribution in [0, 0.1) is 23.6 Å². The van der Waals surface area contributed by atoms with Gasteiger partial charge in [-0.25, -0.2) is 13.9 Å². The largest absolute Gasteiger partial charge is 0.459 e. The number of ether oxygens (including phenoxy) is 7. The van der Waals surface area contributed by atoms with Crippen LogP contribution >= 0.6 is 0 Å². The van der Waals surface area contributed by atoms with Crippen LogP contribution in [0.3, 0.4) is 0 Å². The van der Waals surface area contributed by atoms with Crippen molar-refractivity contribution in [3.63, 3.8) is 0 Å². The van der Waals surface area contributed by atoms with Gasteiger partial charge < -0.3 is 73.8 Å². The molecule has 6 N–H and O–H groups in total. The van der Waals surface area contributed by atoms with E-state index in [0.29, 0.717) is 42.9 Å². The molecule has 4 fully saturated rings. The average Bonchev–Trinajstić information content (AvgIpc) is 3.99. The average molecular weight is 1090 g/mol. The number of benzene rings is 1. The van der Waals surface area contributed by atoms with Gasteiger partial charge in [-0.2, -0.15) is 0 Å². The zero-order chi connectivity index (χ0) is 57.1. The number of methoxy groups -OCH3 is 1. The van der Waals surface area contributed by atoms with Gasteiger partial charge in [-0.3, -0.25) is 14.5 Å². The number of hydrogen-bond acceptors (Lipinski definition) is 19. The molecule has 5 heterocycles. The Morgan fingerprint density at radius 3 is 2.34 bits per heavy atom. The molecule has 1 aromatic heterocycles. The molecule has 0 bridgehead atoms. The van der Waals surface area contributed by atoms with Crippen LogP contribution in [0.4, 0.5) is 14.9 Å². The Bertz CT molecular complexity index is 2300. The highest BCUT2D eigenvalue weighted by Crippen LogP contribution is 2.40. The van der Waals surface area contributed by atoms with Gasteiger partial charge in [0.05, 0.1) is 72.6 Å². The summed E-state index contributed by atoms with van der Waals surface area (Å²) in [6, 6.07) is 3.35. The van der Waals surface area contributed by atoms with Crippen molar-refractivity contribution in [3.05, 3.63) is 41.5 Å². The van der Waals surface area contributed by atoms with E-state index < -0.39 is 126 Å². The third-order valence-corrected chi connectivity index (χ3v) is 16.6. The van der Waals surface area contributed by atoms with Gasteiger partial charge in [-0.05, 0) is 99.9 Å². The Kier molecular flexibility index (Phi) is 20.7. The number of cyclic esters (lactones) is 2. The van der Waals surface area contributed by atoms with Crippen molar-refractivity contribution in [2.24, 2.45) is 17.8 Å². The highest BCUT2D eigenvalue weighted by Gasteiger charge is 2.53. The smallest absolute Gasteiger partial charge is 0.414 e. The molecular formula is C54H88FN7O15. The van der Waals surface area contributed by atoms with Crippen LogP contribution in [-0.4, -0.2) is 212 Å². The van der Waals surface area contributed by atoms with Crippen molar-refractivity contribution >= 4 is 23.7 Å². The van der Waals surface area contributed by atoms with Crippen LogP contribution in [0.15, 0.2) is 24.4 Å². The van der Waals surface area contributed by atoms with Crippen LogP contribution in [-0.2, 0) is 55.7 Å². The molecule has 0 radical (unpaired) electrons. The number of carbonyl (C=O) groups excluding carboxylic acids is 3. The van der Waals surface area contributed by atoms with Gasteiger partial charge in [0, 0.05) is 69.7 Å². The quantitative estimate of drug-likeness (QED) is 0.140. The summed E-state index contributed by atoms with van der Waals surface area (Å²) in [6.07, 6.45) is -8.68. The van der Waals surface area contributed by atoms with Crippen LogP contribution in [0.1, 0.15) is 113 Å². The first-order valence-electron chi connectivity index (χ1n) is 27.2. The Morgan fingerprint density at radius 2 is 1.69 bits per heavy atom. The first-order chi connectivity index (χ1) is 36.0. The summed E-state index contributed by atoms with van der Waals surface area (Å²) >= 11 is 0. The second-order valence-electron chi connectivity index (χ2n) is 23.2. The summed E-state index contributed by atoms with van der Waals surface area (Å²) in [4.78, 5) is 43.6. The minimum atomic E-state index is -1.86. The zero-order valence-electron chi connectivity index (χ0n) is 47.5. The molecule has 0 aliphatic carbocycles. The normalized spacial score (nSPS) is 39.2. The standard InChI is InChI=1S/C54H88FN7O15/c1-15-42-54(11,70)46(65)33(6)60(13)25-29(2)22-52(9,69)48(31(4)45(32(5)49(67)75-42)76-43-23-53(10,71-14)47(66)34(7)73-43)77-50-44(64)41(20-30(3)72-50)59(12)19-18-37-27-61(58-57-37)26-36-16-17-38(21-40(36)55)62-28-39(74-51(62)68)24-56-35(8)63/h16-17,21,27,29-34,39,41-48,50,64-66,69-70H,15,18-20,22-26,28H2,1-14H3,(H,56,63)/t29-,30-,31+,32-,33-,34+,39+,41+,42-,43+,44-,45+,46-,47+,48-,50+,52-,53-,54-/m1/s1. The lowest BCUT2D eigenvalue weighted by Gasteiger charge is -2.49. The summed E-state index contributed by atoms with van der Waals surface area (Å²) in [5.74, 6) is -3.72. The number of aromatic nitrogens is 3. The fraction of sp³-hybridized carbons (Fsp3) is 0.796. The summed E-state index contributed by atoms with van der Waals surface area (Å²) in [5, 5.41) is 71.0. The Labute approximate surface area is 452 Å². The lowest BCUT2D eigenvalue weighted by molar-refractivity contribution is -0.318. The summed E-state index contributed by atoms with van der Waals surface area (Å²) in [6.45, 7) is 19.9. The number of rotatable bonds is 15. The molecule has 22 nitrogen and oxygen atoms in total. The number of esters is 1. The Morgan fingerprint density at radius 1 is 0.987 bits per heavy atom. The predicted octanol–water partition coefficient (Wildman–Crippen LogP) is 2.75. The SMILES string of the molecule is CC[C@H]1OC(=O)[C@H](C)[C@@H](O[C@H]2C[C@@](C)(OC)[C@@H](O)[C@H](C)O2)[C@H](C)[C@@H](O[C@@H]2O[C@H](C)C[C@H](N(C)CCc3cn(Cc4ccc(N5C[C@H](CNC(C)=O)OC5=O)cc4F)nn3)[C@H]2O)[C@](C)(O)C[C@@H](C)CN(C)[C@H](C)[C@@H](O)[C@]1(C)O. The molecule has 1 aromatic carbocycles. The third-order valence-electron chi connectivity index (χ3n) is 16.6. The first kappa shape index (κ1) is 62.2. The fourth-order valence-corrected chi connectivity index (χ4v) is 11.8. The number of nitrogens with one attached hydrogen (secondary N) is 1. The van der Waals surface area contributed by atoms with E-state index in [2.05, 4.69) is 15.6 Å². The third kappa shape index (κ3) is 14.7. The predicted molar refractivity (Wildman–Crippen MR) is 279 cm³/mol. The van der Waals surface area contributed by atoms with Crippen molar-refractivity contribution in [1.29, 1.82) is 0 Å². The van der Waals surface area contributed by atoms with Gasteiger partial charge in [0.1, 0.15) is 41.9 Å². The van der Waals surface area contributed by atoms with E-state index in [-0.39, 0.29) is 50.7 Å². The van der Waals surface area contributed by atoms with E-state index in [9.17, 15) is 39.9 Å². The van der Waals surface area contributed by atoms with Crippen LogP contribution in [0.2, 0.25) is 0 Å². The Balaban J connectivity index is 1.21. The lowest BCUT2D eigenvalue weighted by Crippen LogP contribution is -2.61. The molecule has 19 atom stereocenters. The molecule has 4 aliphatic heterocycles. The maximum atomic E-state index is 15.5. The number of halogens is 1. The van der Waals surface area contributed by atoms with Crippen LogP contribution in [0.25, 0.3) is 0 Å². The summed E-state index contributed by atoms with van der Waals surface area (Å²) in [7, 11) is 5.18. The number of aliphatic hydroxyl groups is 5. The minimum Gasteiger partial charge on any atom is -0.459 e. The number of aliphatic hydroxyl groups excluding tert-OH is 3. The lowest BCUT2D eigenvalue weighted by atomic mass is 9.77. The van der Waals surface area contributed by atoms with Crippen molar-refractivity contribution in [2.45, 2.75) is 211 Å². The number of hydrogen-bond donors (Lipinski definition) is 6. The molecule has 23 heteroatoms. The van der Waals surface area contributed by atoms with E-state index in [4.69, 9.17) is 33.2 Å². The second kappa shape index (κ2) is 25.6. The fourth-order valence-electron chi connectivity index (χ4n) is 11.8. The molecule has 6 rings (SSSR count). The zero-order valence-corrected chi connectivity index (χ0v) is 47.5. The van der Waals surface area contributed by atoms with Gasteiger partial charge in [0.25, 0.3) is 0 Å². The van der Waals surface area contributed by atoms with Crippen molar-refractivity contribution in [2.75, 3.05) is 52.3 Å². The highest BCUT2D eigenvalue weighted by atomic mass is 19.1. The van der Waals surface area contributed by atoms with E-state index in [0.717, 1.165) is 0 Å². The maximum Gasteiger partial charge on any atom is 0.414 e. The molecule has 4 saturated heterocycles. The summed E-state index contributed by atoms with van der Waals surface area (Å²) in [5.41, 5.74) is -3.37. The number of nitrogens with zero attached hydrogens (tertiary/aromatic N) is 6. The van der Waals surface area contributed by atoms with E-state index in [1.165, 1.54) is 36.6 Å². The highest BCUT2D eigenvalue weighted by molar-refractivity contribution is 5.89. The molecule has 436 valence electrons. The molecule has 2 aromatic rings. The van der Waals surface area contributed by atoms with Gasteiger partial charge in [-0.1, -0.05) is 32.1 Å². The first-order valence-corrected chi connectivity index (χ1v) is 27.2. The van der Waals surface area contributed by atoms with Crippen LogP contribution in [0.5, 0.6) is 0 Å². The molecule has 77 heavy (non-hydrogen) atoms. The molecule has 4 aliphatic rings. The summed E-state index contributed by atoms with van der Waals surface area (Å²) < 4.78 is 60.6. The van der Waals surface area contributed by atoms with Crippen LogP contribution < -0.4 is 10.2 Å². The number of anilines is 1. The van der Waals surface area contributed by atoms with Crippen molar-refractivity contribution in [1.82, 2.24) is 30.1 Å². The second-order valence-corrected chi connectivity index (χ2v) is 23.2. The van der Waals surface area contributed by atoms with E-state index in [1.54, 1.807) is 66.8 Å². The Hall–Kier alpha value is -3.98. The van der Waals surface area contributed by atoms with E-state index >= 15 is 4.39 Å². The number of carbonyl (C=O) groups is 3. The minimum absolute atomic E-state index is 0.0660. The number of amides is 2. The van der Waals surface area contributed by atoms with Gasteiger partial charge in [-0.15, -0.1) is 5.10 Å². The van der Waals surface area contributed by atoms with E-state index in [1.807, 2.05) is 37.7 Å². The molecule has 0 unspecified atom stereocenters. The number of likely N-dealkylation sites (N-methyl/N-ethyl adjacent to an activating group) is 2. The molecular weight excluding hydrogens is 1010 g/mol. The van der Waals surface area contributed by atoms with Gasteiger partial charge in [0.15, 0.2) is 12.6 Å². The topological polar surface area (TPSA) is 269 Å². The molecule has 2 amide bonds. The monoisotopic (exact) mass is 1090 g/mol. The molecule has 0 saturated carbocycles. The maximum absolute atomic E-state index is 15.5. The van der Waals surface area contributed by atoms with Crippen molar-refractivity contribution in [3.8, 4) is 0 Å². The van der Waals surface area contributed by atoms with Gasteiger partial charge in [0.2, 0.25) is 5.91 Å². The van der Waals surface area contributed by atoms with Crippen molar-refractivity contribution < 1.29 is 77.5 Å².